The van der Waals surface area contributed by atoms with Crippen LogP contribution in [0.1, 0.15) is 21.5 Å². The molecule has 1 N–H and O–H groups in total. The minimum Gasteiger partial charge on any atom is -0.321 e. The molecule has 34 heavy (non-hydrogen) atoms. The molecule has 1 amide bonds. The average Bonchev–Trinajstić information content (AvgIpc) is 2.85. The van der Waals surface area contributed by atoms with Crippen molar-refractivity contribution < 1.29 is 13.2 Å². The van der Waals surface area contributed by atoms with Crippen LogP contribution >= 0.6 is 11.8 Å². The second kappa shape index (κ2) is 10.7. The lowest BCUT2D eigenvalue weighted by Crippen LogP contribution is -2.48. The van der Waals surface area contributed by atoms with Crippen LogP contribution in [-0.2, 0) is 16.6 Å². The molecule has 1 heterocycles. The number of thioether (sulfide) groups is 1. The summed E-state index contributed by atoms with van der Waals surface area (Å²) < 4.78 is 27.4. The Labute approximate surface area is 206 Å². The number of benzene rings is 3. The van der Waals surface area contributed by atoms with Gasteiger partial charge in [-0.15, -0.1) is 11.8 Å². The number of sulfonamides is 1. The monoisotopic (exact) mass is 495 g/mol. The molecule has 1 aliphatic heterocycles. The Morgan fingerprint density at radius 1 is 0.941 bits per heavy atom. The summed E-state index contributed by atoms with van der Waals surface area (Å²) in [6.45, 7) is 4.78. The molecule has 1 aliphatic rings. The van der Waals surface area contributed by atoms with Crippen LogP contribution in [0.2, 0.25) is 0 Å². The van der Waals surface area contributed by atoms with Crippen molar-refractivity contribution >= 4 is 33.4 Å². The van der Waals surface area contributed by atoms with Gasteiger partial charge in [-0.05, 0) is 55.1 Å². The van der Waals surface area contributed by atoms with Gasteiger partial charge >= 0.3 is 0 Å². The van der Waals surface area contributed by atoms with Gasteiger partial charge in [0, 0.05) is 43.2 Å². The first-order valence-electron chi connectivity index (χ1n) is 11.2. The van der Waals surface area contributed by atoms with E-state index in [0.717, 1.165) is 21.7 Å². The molecule has 0 unspecified atom stereocenters. The van der Waals surface area contributed by atoms with Gasteiger partial charge in [0.05, 0.1) is 10.6 Å². The zero-order chi connectivity index (χ0) is 24.1. The largest absolute Gasteiger partial charge is 0.321 e. The summed E-state index contributed by atoms with van der Waals surface area (Å²) >= 11 is 1.59. The van der Waals surface area contributed by atoms with Crippen molar-refractivity contribution in [3.05, 3.63) is 89.5 Å². The van der Waals surface area contributed by atoms with Crippen molar-refractivity contribution in [3.8, 4) is 0 Å². The summed E-state index contributed by atoms with van der Waals surface area (Å²) in [4.78, 5) is 16.4. The predicted octanol–water partition coefficient (Wildman–Crippen LogP) is 4.48. The lowest BCUT2D eigenvalue weighted by atomic mass is 10.1. The molecule has 0 bridgehead atoms. The van der Waals surface area contributed by atoms with Crippen molar-refractivity contribution in [1.29, 1.82) is 0 Å². The third-order valence-corrected chi connectivity index (χ3v) is 8.65. The maximum atomic E-state index is 12.9. The van der Waals surface area contributed by atoms with E-state index in [1.807, 2.05) is 73.8 Å². The number of nitrogens with zero attached hydrogens (tertiary/aromatic N) is 2. The van der Waals surface area contributed by atoms with Gasteiger partial charge < -0.3 is 5.32 Å². The number of carbonyl (C=O) groups excluding carboxylic acids is 1. The van der Waals surface area contributed by atoms with E-state index in [0.29, 0.717) is 43.2 Å². The van der Waals surface area contributed by atoms with Crippen molar-refractivity contribution in [2.75, 3.05) is 37.8 Å². The van der Waals surface area contributed by atoms with E-state index in [9.17, 15) is 13.2 Å². The van der Waals surface area contributed by atoms with Gasteiger partial charge in [0.2, 0.25) is 10.0 Å². The molecular weight excluding hydrogens is 466 g/mol. The van der Waals surface area contributed by atoms with Gasteiger partial charge in [0.25, 0.3) is 5.91 Å². The first kappa shape index (κ1) is 24.5. The predicted molar refractivity (Wildman–Crippen MR) is 138 cm³/mol. The molecule has 8 heteroatoms. The van der Waals surface area contributed by atoms with Crippen LogP contribution in [0.3, 0.4) is 0 Å². The molecule has 1 saturated heterocycles. The second-order valence-corrected chi connectivity index (χ2v) is 11.1. The van der Waals surface area contributed by atoms with E-state index in [-0.39, 0.29) is 5.91 Å². The zero-order valence-electron chi connectivity index (χ0n) is 19.4. The van der Waals surface area contributed by atoms with E-state index in [1.54, 1.807) is 28.2 Å². The maximum absolute atomic E-state index is 12.9. The molecule has 6 nitrogen and oxygen atoms in total. The molecule has 178 valence electrons. The zero-order valence-corrected chi connectivity index (χ0v) is 21.0. The number of hydrogen-bond acceptors (Lipinski definition) is 5. The van der Waals surface area contributed by atoms with Crippen LogP contribution in [0.4, 0.5) is 5.69 Å². The summed E-state index contributed by atoms with van der Waals surface area (Å²) in [6.07, 6.45) is 1.98. The summed E-state index contributed by atoms with van der Waals surface area (Å²) in [5.74, 6) is -0.141. The van der Waals surface area contributed by atoms with Crippen molar-refractivity contribution in [1.82, 2.24) is 9.21 Å². The van der Waals surface area contributed by atoms with E-state index >= 15 is 0 Å². The topological polar surface area (TPSA) is 69.7 Å². The average molecular weight is 496 g/mol. The molecule has 0 saturated carbocycles. The molecule has 3 aromatic rings. The highest BCUT2D eigenvalue weighted by atomic mass is 32.2. The fourth-order valence-corrected chi connectivity index (χ4v) is 5.97. The van der Waals surface area contributed by atoms with Gasteiger partial charge in [0.1, 0.15) is 0 Å². The second-order valence-electron chi connectivity index (χ2n) is 8.35. The summed E-state index contributed by atoms with van der Waals surface area (Å²) in [7, 11) is -3.48. The summed E-state index contributed by atoms with van der Waals surface area (Å²) in [5, 5.41) is 3.00. The smallest absolute Gasteiger partial charge is 0.255 e. The minimum atomic E-state index is -3.48. The normalized spacial score (nSPS) is 15.2. The van der Waals surface area contributed by atoms with Crippen molar-refractivity contribution in [2.45, 2.75) is 23.3 Å². The molecule has 1 fully saturated rings. The summed E-state index contributed by atoms with van der Waals surface area (Å²) in [5.41, 5.74) is 3.47. The van der Waals surface area contributed by atoms with Crippen molar-refractivity contribution in [3.63, 3.8) is 0 Å². The van der Waals surface area contributed by atoms with Gasteiger partial charge in [0.15, 0.2) is 0 Å². The number of hydrogen-bond donors (Lipinski definition) is 1. The molecular formula is C26H29N3O3S2. The fourth-order valence-electron chi connectivity index (χ4n) is 4.00. The SMILES string of the molecule is CSc1ccccc1NC(=O)c1cccc(CN2CCN(S(=O)(=O)c3ccc(C)cc3)CC2)c1. The number of piperazine rings is 1. The summed E-state index contributed by atoms with van der Waals surface area (Å²) in [6, 6.07) is 22.4. The Kier molecular flexibility index (Phi) is 7.73. The van der Waals surface area contributed by atoms with E-state index in [1.165, 1.54) is 0 Å². The lowest BCUT2D eigenvalue weighted by molar-refractivity contribution is 0.102. The number of para-hydroxylation sites is 1. The maximum Gasteiger partial charge on any atom is 0.255 e. The Balaban J connectivity index is 1.37. The van der Waals surface area contributed by atoms with Gasteiger partial charge in [-0.25, -0.2) is 8.42 Å². The van der Waals surface area contributed by atoms with Crippen LogP contribution < -0.4 is 5.32 Å². The van der Waals surface area contributed by atoms with Crippen LogP contribution in [-0.4, -0.2) is 56.0 Å². The first-order valence-corrected chi connectivity index (χ1v) is 13.9. The third-order valence-electron chi connectivity index (χ3n) is 5.94. The van der Waals surface area contributed by atoms with Gasteiger partial charge in [-0.2, -0.15) is 4.31 Å². The highest BCUT2D eigenvalue weighted by molar-refractivity contribution is 7.98. The number of carbonyl (C=O) groups is 1. The van der Waals surface area contributed by atoms with Crippen LogP contribution in [0, 0.1) is 6.92 Å². The minimum absolute atomic E-state index is 0.141. The highest BCUT2D eigenvalue weighted by Crippen LogP contribution is 2.25. The molecule has 0 atom stereocenters. The third kappa shape index (κ3) is 5.70. The number of rotatable bonds is 7. The lowest BCUT2D eigenvalue weighted by Gasteiger charge is -2.34. The molecule has 0 radical (unpaired) electrons. The Hall–Kier alpha value is -2.65. The Morgan fingerprint density at radius 3 is 2.35 bits per heavy atom. The van der Waals surface area contributed by atoms with Crippen LogP contribution in [0.5, 0.6) is 0 Å². The molecule has 3 aromatic carbocycles. The molecule has 0 spiro atoms. The Bertz CT molecular complexity index is 1250. The fraction of sp³-hybridized carbons (Fsp3) is 0.269. The van der Waals surface area contributed by atoms with E-state index in [2.05, 4.69) is 10.2 Å². The number of nitrogens with one attached hydrogen (secondary N) is 1. The van der Waals surface area contributed by atoms with E-state index in [4.69, 9.17) is 0 Å². The van der Waals surface area contributed by atoms with Gasteiger partial charge in [-0.3, -0.25) is 9.69 Å². The highest BCUT2D eigenvalue weighted by Gasteiger charge is 2.28. The van der Waals surface area contributed by atoms with Crippen LogP contribution in [0.25, 0.3) is 0 Å². The van der Waals surface area contributed by atoms with Crippen LogP contribution in [0.15, 0.2) is 82.6 Å². The van der Waals surface area contributed by atoms with Gasteiger partial charge in [-0.1, -0.05) is 42.0 Å². The molecule has 0 aromatic heterocycles. The quantitative estimate of drug-likeness (QED) is 0.490. The molecule has 4 rings (SSSR count). The van der Waals surface area contributed by atoms with E-state index < -0.39 is 10.0 Å². The Morgan fingerprint density at radius 2 is 1.65 bits per heavy atom. The number of anilines is 1. The van der Waals surface area contributed by atoms with Crippen molar-refractivity contribution in [2.24, 2.45) is 0 Å². The number of amides is 1. The number of aryl methyl sites for hydroxylation is 1. The standard InChI is InChI=1S/C26H29N3O3S2/c1-20-10-12-23(13-11-20)34(31,32)29-16-14-28(15-17-29)19-21-6-5-7-22(18-21)26(30)27-24-8-3-4-9-25(24)33-2/h3-13,18H,14-17,19H2,1-2H3,(H,27,30). The molecule has 0 aliphatic carbocycles. The first-order chi connectivity index (χ1) is 16.4.